The fourth-order valence-corrected chi connectivity index (χ4v) is 2.32. The number of aryl methyl sites for hydroxylation is 1. The summed E-state index contributed by atoms with van der Waals surface area (Å²) in [6.07, 6.45) is 0. The first-order valence-electron chi connectivity index (χ1n) is 5.54. The number of benzene rings is 1. The molecule has 0 saturated carbocycles. The van der Waals surface area contributed by atoms with Crippen LogP contribution < -0.4 is 5.32 Å². The van der Waals surface area contributed by atoms with Crippen LogP contribution in [0.1, 0.15) is 11.1 Å². The number of piperazine rings is 1. The Morgan fingerprint density at radius 1 is 1.38 bits per heavy atom. The Labute approximate surface area is 100 Å². The molecule has 1 aliphatic rings. The van der Waals surface area contributed by atoms with Crippen molar-refractivity contribution in [2.75, 3.05) is 26.2 Å². The first-order valence-corrected chi connectivity index (χ1v) is 5.92. The number of rotatable bonds is 2. The van der Waals surface area contributed by atoms with Gasteiger partial charge in [-0.1, -0.05) is 11.6 Å². The van der Waals surface area contributed by atoms with Crippen molar-refractivity contribution in [3.8, 4) is 0 Å². The van der Waals surface area contributed by atoms with E-state index >= 15 is 0 Å². The topological polar surface area (TPSA) is 15.3 Å². The third-order valence-electron chi connectivity index (χ3n) is 2.90. The van der Waals surface area contributed by atoms with Gasteiger partial charge in [-0.05, 0) is 24.6 Å². The summed E-state index contributed by atoms with van der Waals surface area (Å²) in [6.45, 7) is 6.27. The molecular formula is C12H16ClFN2. The second-order valence-electron chi connectivity index (χ2n) is 4.22. The molecule has 1 saturated heterocycles. The number of hydrogen-bond acceptors (Lipinski definition) is 2. The molecule has 0 spiro atoms. The SMILES string of the molecule is Cc1cc(Cl)cc(CN2CCNCC2)c1F. The minimum absolute atomic E-state index is 0.122. The summed E-state index contributed by atoms with van der Waals surface area (Å²) >= 11 is 5.94. The molecule has 4 heteroatoms. The van der Waals surface area contributed by atoms with Crippen LogP contribution in [0.25, 0.3) is 0 Å². The Morgan fingerprint density at radius 2 is 2.06 bits per heavy atom. The second kappa shape index (κ2) is 5.13. The maximum Gasteiger partial charge on any atom is 0.130 e. The van der Waals surface area contributed by atoms with Gasteiger partial charge in [-0.15, -0.1) is 0 Å². The molecule has 0 unspecified atom stereocenters. The van der Waals surface area contributed by atoms with Gasteiger partial charge < -0.3 is 5.32 Å². The fraction of sp³-hybridized carbons (Fsp3) is 0.500. The molecule has 0 aromatic heterocycles. The van der Waals surface area contributed by atoms with Gasteiger partial charge >= 0.3 is 0 Å². The number of nitrogens with zero attached hydrogens (tertiary/aromatic N) is 1. The summed E-state index contributed by atoms with van der Waals surface area (Å²) in [5, 5.41) is 3.89. The predicted molar refractivity (Wildman–Crippen MR) is 64.3 cm³/mol. The smallest absolute Gasteiger partial charge is 0.130 e. The van der Waals surface area contributed by atoms with Crippen LogP contribution in [0.2, 0.25) is 5.02 Å². The molecule has 1 fully saturated rings. The van der Waals surface area contributed by atoms with Crippen LogP contribution in [0.5, 0.6) is 0 Å². The van der Waals surface area contributed by atoms with Crippen molar-refractivity contribution in [1.29, 1.82) is 0 Å². The molecule has 1 N–H and O–H groups in total. The normalized spacial score (nSPS) is 17.7. The van der Waals surface area contributed by atoms with Gasteiger partial charge in [0.05, 0.1) is 0 Å². The molecule has 1 aromatic carbocycles. The zero-order chi connectivity index (χ0) is 11.5. The van der Waals surface area contributed by atoms with Crippen LogP contribution >= 0.6 is 11.6 Å². The van der Waals surface area contributed by atoms with Crippen molar-refractivity contribution in [2.45, 2.75) is 13.5 Å². The quantitative estimate of drug-likeness (QED) is 0.856. The maximum absolute atomic E-state index is 13.8. The van der Waals surface area contributed by atoms with E-state index in [-0.39, 0.29) is 5.82 Å². The van der Waals surface area contributed by atoms with Gasteiger partial charge in [0.2, 0.25) is 0 Å². The van der Waals surface area contributed by atoms with E-state index in [4.69, 9.17) is 11.6 Å². The van der Waals surface area contributed by atoms with E-state index in [1.165, 1.54) is 0 Å². The maximum atomic E-state index is 13.8. The van der Waals surface area contributed by atoms with Crippen LogP contribution in [-0.4, -0.2) is 31.1 Å². The average molecular weight is 243 g/mol. The summed E-state index contributed by atoms with van der Waals surface area (Å²) in [5.74, 6) is -0.122. The van der Waals surface area contributed by atoms with E-state index in [0.29, 0.717) is 22.7 Å². The highest BCUT2D eigenvalue weighted by Crippen LogP contribution is 2.20. The van der Waals surface area contributed by atoms with E-state index in [2.05, 4.69) is 10.2 Å². The lowest BCUT2D eigenvalue weighted by Gasteiger charge is -2.27. The molecular weight excluding hydrogens is 227 g/mol. The fourth-order valence-electron chi connectivity index (χ4n) is 2.02. The first-order chi connectivity index (χ1) is 7.66. The number of hydrogen-bond donors (Lipinski definition) is 1. The molecule has 0 bridgehead atoms. The lowest BCUT2D eigenvalue weighted by molar-refractivity contribution is 0.230. The molecule has 88 valence electrons. The minimum atomic E-state index is -0.122. The van der Waals surface area contributed by atoms with Gasteiger partial charge in [-0.3, -0.25) is 4.90 Å². The Bertz CT molecular complexity index is 376. The van der Waals surface area contributed by atoms with Crippen LogP contribution in [0.15, 0.2) is 12.1 Å². The van der Waals surface area contributed by atoms with E-state index in [1.54, 1.807) is 19.1 Å². The van der Waals surface area contributed by atoms with Gasteiger partial charge in [0, 0.05) is 43.3 Å². The van der Waals surface area contributed by atoms with E-state index in [1.807, 2.05) is 0 Å². The number of halogens is 2. The Balaban J connectivity index is 2.13. The Hall–Kier alpha value is -0.640. The lowest BCUT2D eigenvalue weighted by atomic mass is 10.1. The molecule has 2 nitrogen and oxygen atoms in total. The summed E-state index contributed by atoms with van der Waals surface area (Å²) < 4.78 is 13.8. The molecule has 16 heavy (non-hydrogen) atoms. The van der Waals surface area contributed by atoms with Crippen molar-refractivity contribution in [1.82, 2.24) is 10.2 Å². The highest BCUT2D eigenvalue weighted by Gasteiger charge is 2.14. The Morgan fingerprint density at radius 3 is 2.75 bits per heavy atom. The molecule has 0 radical (unpaired) electrons. The van der Waals surface area contributed by atoms with Crippen molar-refractivity contribution >= 4 is 11.6 Å². The van der Waals surface area contributed by atoms with Crippen LogP contribution in [-0.2, 0) is 6.54 Å². The Kier molecular flexibility index (Phi) is 3.79. The summed E-state index contributed by atoms with van der Waals surface area (Å²) in [4.78, 5) is 2.24. The largest absolute Gasteiger partial charge is 0.314 e. The number of nitrogens with one attached hydrogen (secondary N) is 1. The average Bonchev–Trinajstić information content (AvgIpc) is 2.27. The van der Waals surface area contributed by atoms with E-state index < -0.39 is 0 Å². The van der Waals surface area contributed by atoms with Crippen molar-refractivity contribution < 1.29 is 4.39 Å². The van der Waals surface area contributed by atoms with Crippen LogP contribution in [0, 0.1) is 12.7 Å². The molecule has 0 amide bonds. The summed E-state index contributed by atoms with van der Waals surface area (Å²) in [7, 11) is 0. The highest BCUT2D eigenvalue weighted by atomic mass is 35.5. The standard InChI is InChI=1S/C12H16ClFN2/c1-9-6-11(13)7-10(12(9)14)8-16-4-2-15-3-5-16/h6-7,15H,2-5,8H2,1H3. The first kappa shape index (κ1) is 11.8. The molecule has 1 aliphatic heterocycles. The van der Waals surface area contributed by atoms with Gasteiger partial charge in [0.15, 0.2) is 0 Å². The zero-order valence-corrected chi connectivity index (χ0v) is 10.1. The highest BCUT2D eigenvalue weighted by molar-refractivity contribution is 6.30. The molecule has 1 aromatic rings. The molecule has 0 aliphatic carbocycles. The minimum Gasteiger partial charge on any atom is -0.314 e. The van der Waals surface area contributed by atoms with Gasteiger partial charge in [-0.25, -0.2) is 4.39 Å². The molecule has 2 rings (SSSR count). The van der Waals surface area contributed by atoms with E-state index in [9.17, 15) is 4.39 Å². The predicted octanol–water partition coefficient (Wildman–Crippen LogP) is 2.19. The summed E-state index contributed by atoms with van der Waals surface area (Å²) in [6, 6.07) is 3.39. The third kappa shape index (κ3) is 2.73. The zero-order valence-electron chi connectivity index (χ0n) is 9.39. The summed E-state index contributed by atoms with van der Waals surface area (Å²) in [5.41, 5.74) is 1.32. The second-order valence-corrected chi connectivity index (χ2v) is 4.66. The van der Waals surface area contributed by atoms with Gasteiger partial charge in [0.25, 0.3) is 0 Å². The van der Waals surface area contributed by atoms with Gasteiger partial charge in [0.1, 0.15) is 5.82 Å². The third-order valence-corrected chi connectivity index (χ3v) is 3.12. The van der Waals surface area contributed by atoms with Crippen molar-refractivity contribution in [3.63, 3.8) is 0 Å². The van der Waals surface area contributed by atoms with Gasteiger partial charge in [-0.2, -0.15) is 0 Å². The van der Waals surface area contributed by atoms with E-state index in [0.717, 1.165) is 26.2 Å². The van der Waals surface area contributed by atoms with Crippen LogP contribution in [0.4, 0.5) is 4.39 Å². The molecule has 0 atom stereocenters. The molecule has 1 heterocycles. The van der Waals surface area contributed by atoms with Crippen molar-refractivity contribution in [2.24, 2.45) is 0 Å². The lowest BCUT2D eigenvalue weighted by Crippen LogP contribution is -2.43. The monoisotopic (exact) mass is 242 g/mol. The van der Waals surface area contributed by atoms with Crippen molar-refractivity contribution in [3.05, 3.63) is 34.1 Å². The van der Waals surface area contributed by atoms with Crippen LogP contribution in [0.3, 0.4) is 0 Å².